The Kier molecular flexibility index (Phi) is 16.6. The van der Waals surface area contributed by atoms with E-state index >= 15 is 0 Å². The highest BCUT2D eigenvalue weighted by Crippen LogP contribution is 2.43. The number of ether oxygens (including phenoxy) is 7. The van der Waals surface area contributed by atoms with Crippen molar-refractivity contribution in [2.24, 2.45) is 21.7 Å². The summed E-state index contributed by atoms with van der Waals surface area (Å²) in [6, 6.07) is 0. The van der Waals surface area contributed by atoms with E-state index in [0.717, 1.165) is 25.7 Å². The Bertz CT molecular complexity index is 1400. The van der Waals surface area contributed by atoms with E-state index in [0.29, 0.717) is 19.4 Å². The standard InChI is InChI=1S/C13H22O5.C13H22O4.C9H16O2.C7H12O2/c1-6-12(2,3)11(15)17-9-7-10(14)18-13(9,4)8-16-5;1-7-11(2,3)10(15)17-13(6)8-9(14)16-12(13,4)5;1-5-9(4)6-8(2,3)11-7(9)10;1-3-7(2)4-5-9-6(7)8/h9H,6-8H2,1-5H3;7-8H2,1-6H3;5-6H2,1-4H3;3-5H2,1-2H3. The monoisotopic (exact) mass is 784 g/mol. The Morgan fingerprint density at radius 2 is 1.25 bits per heavy atom. The summed E-state index contributed by atoms with van der Waals surface area (Å²) < 4.78 is 36.5. The molecule has 4 aliphatic rings. The van der Waals surface area contributed by atoms with Crippen molar-refractivity contribution in [2.45, 2.75) is 191 Å². The second-order valence-electron chi connectivity index (χ2n) is 18.6. The summed E-state index contributed by atoms with van der Waals surface area (Å²) in [5.74, 6) is -1.33. The minimum atomic E-state index is -0.884. The van der Waals surface area contributed by atoms with Crippen LogP contribution in [0.5, 0.6) is 0 Å². The van der Waals surface area contributed by atoms with Crippen molar-refractivity contribution in [2.75, 3.05) is 20.3 Å². The molecule has 0 saturated carbocycles. The van der Waals surface area contributed by atoms with Crippen LogP contribution in [0.3, 0.4) is 0 Å². The Morgan fingerprint density at radius 3 is 1.60 bits per heavy atom. The predicted octanol–water partition coefficient (Wildman–Crippen LogP) is 7.61. The van der Waals surface area contributed by atoms with Gasteiger partial charge in [0.15, 0.2) is 17.3 Å². The highest BCUT2D eigenvalue weighted by Gasteiger charge is 2.56. The molecular formula is C42H72O13. The maximum Gasteiger partial charge on any atom is 0.312 e. The zero-order chi connectivity index (χ0) is 43.1. The van der Waals surface area contributed by atoms with E-state index in [1.165, 1.54) is 7.11 Å². The first-order valence-corrected chi connectivity index (χ1v) is 19.7. The van der Waals surface area contributed by atoms with Gasteiger partial charge in [-0.2, -0.15) is 0 Å². The fourth-order valence-corrected chi connectivity index (χ4v) is 5.96. The van der Waals surface area contributed by atoms with E-state index in [2.05, 4.69) is 0 Å². The van der Waals surface area contributed by atoms with E-state index < -0.39 is 33.7 Å². The molecule has 0 aromatic heterocycles. The molecule has 0 aromatic carbocycles. The largest absolute Gasteiger partial charge is 0.465 e. The first kappa shape index (κ1) is 49.8. The van der Waals surface area contributed by atoms with Gasteiger partial charge in [0.25, 0.3) is 0 Å². The minimum Gasteiger partial charge on any atom is -0.465 e. The van der Waals surface area contributed by atoms with Crippen LogP contribution in [0.15, 0.2) is 0 Å². The van der Waals surface area contributed by atoms with Crippen molar-refractivity contribution in [3.63, 3.8) is 0 Å². The maximum absolute atomic E-state index is 12.1. The first-order chi connectivity index (χ1) is 24.9. The molecular weight excluding hydrogens is 712 g/mol. The molecule has 4 aliphatic heterocycles. The van der Waals surface area contributed by atoms with Crippen LogP contribution in [0.1, 0.15) is 162 Å². The molecule has 0 amide bonds. The molecule has 0 radical (unpaired) electrons. The Labute approximate surface area is 329 Å². The summed E-state index contributed by atoms with van der Waals surface area (Å²) in [6.07, 6.45) is 4.49. The van der Waals surface area contributed by atoms with Crippen LogP contribution in [0.2, 0.25) is 0 Å². The van der Waals surface area contributed by atoms with Crippen LogP contribution in [0.4, 0.5) is 0 Å². The van der Waals surface area contributed by atoms with E-state index in [4.69, 9.17) is 33.2 Å². The van der Waals surface area contributed by atoms with Gasteiger partial charge in [-0.1, -0.05) is 27.7 Å². The molecule has 13 nitrogen and oxygen atoms in total. The molecule has 5 atom stereocenters. The van der Waals surface area contributed by atoms with Crippen molar-refractivity contribution < 1.29 is 61.9 Å². The molecule has 4 heterocycles. The summed E-state index contributed by atoms with van der Waals surface area (Å²) in [4.78, 5) is 69.0. The van der Waals surface area contributed by atoms with Crippen LogP contribution in [-0.2, 0) is 61.9 Å². The third-order valence-corrected chi connectivity index (χ3v) is 12.0. The average Bonchev–Trinajstić information content (AvgIpc) is 3.69. The quantitative estimate of drug-likeness (QED) is 0.157. The molecule has 13 heteroatoms. The van der Waals surface area contributed by atoms with Gasteiger partial charge in [0.05, 0.1) is 47.7 Å². The van der Waals surface area contributed by atoms with Gasteiger partial charge < -0.3 is 33.2 Å². The lowest BCUT2D eigenvalue weighted by molar-refractivity contribution is -0.184. The molecule has 4 saturated heterocycles. The summed E-state index contributed by atoms with van der Waals surface area (Å²) in [5.41, 5.74) is -4.28. The second kappa shape index (κ2) is 18.4. The zero-order valence-corrected chi connectivity index (χ0v) is 37.0. The lowest BCUT2D eigenvalue weighted by atomic mass is 9.81. The second-order valence-corrected chi connectivity index (χ2v) is 18.6. The zero-order valence-electron chi connectivity index (χ0n) is 37.0. The molecule has 4 rings (SSSR count). The lowest BCUT2D eigenvalue weighted by Crippen LogP contribution is -2.49. The highest BCUT2D eigenvalue weighted by molar-refractivity contribution is 5.80. The van der Waals surface area contributed by atoms with E-state index in [1.54, 1.807) is 27.7 Å². The van der Waals surface area contributed by atoms with E-state index in [9.17, 15) is 28.8 Å². The molecule has 0 bridgehead atoms. The molecule has 318 valence electrons. The average molecular weight is 785 g/mol. The number of methoxy groups -OCH3 is 1. The van der Waals surface area contributed by atoms with E-state index in [1.807, 2.05) is 83.1 Å². The summed E-state index contributed by atoms with van der Waals surface area (Å²) in [7, 11) is 1.52. The van der Waals surface area contributed by atoms with Crippen LogP contribution in [0.25, 0.3) is 0 Å². The molecule has 0 aromatic rings. The van der Waals surface area contributed by atoms with Crippen LogP contribution in [0, 0.1) is 21.7 Å². The number of cyclic esters (lactones) is 4. The van der Waals surface area contributed by atoms with Gasteiger partial charge in [0.1, 0.15) is 11.2 Å². The fourth-order valence-electron chi connectivity index (χ4n) is 5.96. The molecule has 4 fully saturated rings. The summed E-state index contributed by atoms with van der Waals surface area (Å²) in [5, 5.41) is 0. The van der Waals surface area contributed by atoms with Gasteiger partial charge in [-0.05, 0) is 115 Å². The number of carbonyl (C=O) groups excluding carboxylic acids is 6. The third kappa shape index (κ3) is 12.6. The number of carbonyl (C=O) groups is 6. The SMILES string of the molecule is CCC(C)(C)C(=O)OC1(C)CC(=O)OC1(C)C.CCC(C)(C)C(=O)OC1CC(=O)OC1(C)COC.CCC1(C)CC(C)(C)OC1=O.CCC1(C)CCOC1=O. The Hall–Kier alpha value is -3.22. The maximum atomic E-state index is 12.1. The topological polar surface area (TPSA) is 167 Å². The van der Waals surface area contributed by atoms with Gasteiger partial charge in [-0.25, -0.2) is 0 Å². The van der Waals surface area contributed by atoms with Crippen molar-refractivity contribution in [3.05, 3.63) is 0 Å². The van der Waals surface area contributed by atoms with Crippen LogP contribution in [-0.4, -0.2) is 84.6 Å². The number of esters is 6. The minimum absolute atomic E-state index is 0.0231. The van der Waals surface area contributed by atoms with Gasteiger partial charge in [0, 0.05) is 13.5 Å². The van der Waals surface area contributed by atoms with Crippen molar-refractivity contribution in [3.8, 4) is 0 Å². The molecule has 55 heavy (non-hydrogen) atoms. The number of hydrogen-bond donors (Lipinski definition) is 0. The Balaban J connectivity index is 0.000000379. The highest BCUT2D eigenvalue weighted by atomic mass is 16.6. The number of hydrogen-bond acceptors (Lipinski definition) is 13. The molecule has 5 unspecified atom stereocenters. The normalized spacial score (nSPS) is 30.5. The molecule has 0 spiro atoms. The van der Waals surface area contributed by atoms with Crippen LogP contribution < -0.4 is 0 Å². The molecule has 0 N–H and O–H groups in total. The lowest BCUT2D eigenvalue weighted by Gasteiger charge is -2.36. The number of rotatable bonds is 10. The third-order valence-electron chi connectivity index (χ3n) is 12.0. The smallest absolute Gasteiger partial charge is 0.312 e. The van der Waals surface area contributed by atoms with Gasteiger partial charge in [0.2, 0.25) is 0 Å². The van der Waals surface area contributed by atoms with Gasteiger partial charge in [-0.15, -0.1) is 0 Å². The van der Waals surface area contributed by atoms with Gasteiger partial charge >= 0.3 is 35.8 Å². The van der Waals surface area contributed by atoms with Crippen molar-refractivity contribution in [1.82, 2.24) is 0 Å². The van der Waals surface area contributed by atoms with Crippen LogP contribution >= 0.6 is 0 Å². The summed E-state index contributed by atoms with van der Waals surface area (Å²) >= 11 is 0. The fraction of sp³-hybridized carbons (Fsp3) is 0.857. The predicted molar refractivity (Wildman–Crippen MR) is 205 cm³/mol. The van der Waals surface area contributed by atoms with E-state index in [-0.39, 0.29) is 71.7 Å². The van der Waals surface area contributed by atoms with Crippen molar-refractivity contribution in [1.29, 1.82) is 0 Å². The van der Waals surface area contributed by atoms with Crippen molar-refractivity contribution >= 4 is 35.8 Å². The Morgan fingerprint density at radius 1 is 0.727 bits per heavy atom. The molecule has 0 aliphatic carbocycles. The summed E-state index contributed by atoms with van der Waals surface area (Å²) in [6.45, 7) is 30.9. The van der Waals surface area contributed by atoms with Gasteiger partial charge in [-0.3, -0.25) is 28.8 Å². The first-order valence-electron chi connectivity index (χ1n) is 19.7.